The molecule has 0 saturated heterocycles. The van der Waals surface area contributed by atoms with Gasteiger partial charge in [-0.25, -0.2) is 4.79 Å². The molecule has 0 aromatic heterocycles. The van der Waals surface area contributed by atoms with E-state index in [2.05, 4.69) is 24.1 Å². The van der Waals surface area contributed by atoms with Crippen LogP contribution in [0.15, 0.2) is 0 Å². The molecule has 0 fully saturated rings. The molecule has 7 heteroatoms. The Morgan fingerprint density at radius 3 is 1.37 bits per heavy atom. The number of alkyl carbamates (subject to hydrolysis) is 1. The molecular formula is C39H78N2O5. The number of amides is 2. The highest BCUT2D eigenvalue weighted by molar-refractivity contribution is 5.76. The van der Waals surface area contributed by atoms with E-state index in [1.165, 1.54) is 141 Å². The number of hydrogen-bond donors (Lipinski definition) is 1. The van der Waals surface area contributed by atoms with Crippen molar-refractivity contribution in [2.45, 2.75) is 187 Å². The third kappa shape index (κ3) is 34.0. The van der Waals surface area contributed by atoms with Crippen LogP contribution in [0.3, 0.4) is 0 Å². The standard InChI is InChI=1S/C39H78N2O5/c1-4-6-8-10-12-14-16-18-20-22-24-26-32-41(33-27-25-23-21-19-17-15-13-11-9-7-5-2)38(42)30-28-35-46-39(43)40-31-29-34-45-37-36-44-3/h4-37H2,1-3H3,(H,40,43). The second kappa shape index (κ2) is 38.1. The van der Waals surface area contributed by atoms with E-state index in [0.717, 1.165) is 32.4 Å². The van der Waals surface area contributed by atoms with Gasteiger partial charge >= 0.3 is 6.09 Å². The summed E-state index contributed by atoms with van der Waals surface area (Å²) in [7, 11) is 1.64. The maximum absolute atomic E-state index is 13.1. The number of carbonyl (C=O) groups is 2. The highest BCUT2D eigenvalue weighted by Crippen LogP contribution is 2.15. The Morgan fingerprint density at radius 1 is 0.500 bits per heavy atom. The lowest BCUT2D eigenvalue weighted by molar-refractivity contribution is -0.131. The second-order valence-electron chi connectivity index (χ2n) is 13.3. The van der Waals surface area contributed by atoms with Gasteiger partial charge in [-0.2, -0.15) is 0 Å². The summed E-state index contributed by atoms with van der Waals surface area (Å²) in [4.78, 5) is 27.2. The van der Waals surface area contributed by atoms with E-state index >= 15 is 0 Å². The van der Waals surface area contributed by atoms with E-state index in [1.807, 2.05) is 0 Å². The topological polar surface area (TPSA) is 77.1 Å². The molecule has 0 heterocycles. The van der Waals surface area contributed by atoms with Gasteiger partial charge in [-0.15, -0.1) is 0 Å². The van der Waals surface area contributed by atoms with Crippen LogP contribution < -0.4 is 5.32 Å². The minimum absolute atomic E-state index is 0.211. The predicted molar refractivity (Wildman–Crippen MR) is 195 cm³/mol. The van der Waals surface area contributed by atoms with Crippen molar-refractivity contribution >= 4 is 12.0 Å². The maximum atomic E-state index is 13.1. The molecule has 0 radical (unpaired) electrons. The molecular weight excluding hydrogens is 576 g/mol. The van der Waals surface area contributed by atoms with Crippen molar-refractivity contribution < 1.29 is 23.8 Å². The second-order valence-corrected chi connectivity index (χ2v) is 13.3. The summed E-state index contributed by atoms with van der Waals surface area (Å²) in [5.41, 5.74) is 0. The number of nitrogens with zero attached hydrogens (tertiary/aromatic N) is 1. The van der Waals surface area contributed by atoms with Crippen molar-refractivity contribution in [1.29, 1.82) is 0 Å². The van der Waals surface area contributed by atoms with Gasteiger partial charge in [-0.05, 0) is 25.7 Å². The van der Waals surface area contributed by atoms with Crippen molar-refractivity contribution in [3.05, 3.63) is 0 Å². The molecule has 0 unspecified atom stereocenters. The number of hydrogen-bond acceptors (Lipinski definition) is 5. The van der Waals surface area contributed by atoms with Gasteiger partial charge in [-0.1, -0.05) is 155 Å². The molecule has 0 aromatic rings. The summed E-state index contributed by atoms with van der Waals surface area (Å²) < 4.78 is 15.6. The van der Waals surface area contributed by atoms with Crippen LogP contribution in [-0.4, -0.2) is 70.1 Å². The average Bonchev–Trinajstić information content (AvgIpc) is 3.06. The monoisotopic (exact) mass is 655 g/mol. The van der Waals surface area contributed by atoms with Gasteiger partial charge in [0.05, 0.1) is 19.8 Å². The van der Waals surface area contributed by atoms with Crippen LogP contribution in [0.5, 0.6) is 0 Å². The molecule has 7 nitrogen and oxygen atoms in total. The van der Waals surface area contributed by atoms with Crippen molar-refractivity contribution in [1.82, 2.24) is 10.2 Å². The van der Waals surface area contributed by atoms with Crippen molar-refractivity contribution in [3.8, 4) is 0 Å². The van der Waals surface area contributed by atoms with Crippen LogP contribution in [0.25, 0.3) is 0 Å². The van der Waals surface area contributed by atoms with Gasteiger partial charge < -0.3 is 24.4 Å². The zero-order valence-electron chi connectivity index (χ0n) is 31.0. The lowest BCUT2D eigenvalue weighted by atomic mass is 10.0. The SMILES string of the molecule is CCCCCCCCCCCCCCN(CCCCCCCCCCCCCC)C(=O)CCCOC(=O)NCCCOCCOC. The Kier molecular flexibility index (Phi) is 37.0. The summed E-state index contributed by atoms with van der Waals surface area (Å²) in [6, 6.07) is 0. The highest BCUT2D eigenvalue weighted by atomic mass is 16.5. The maximum Gasteiger partial charge on any atom is 0.407 e. The van der Waals surface area contributed by atoms with Gasteiger partial charge in [0, 0.05) is 39.8 Å². The summed E-state index contributed by atoms with van der Waals surface area (Å²) in [6.07, 6.45) is 33.2. The number of unbranched alkanes of at least 4 members (excludes halogenated alkanes) is 22. The third-order valence-corrected chi connectivity index (χ3v) is 8.85. The molecule has 0 aromatic carbocycles. The van der Waals surface area contributed by atoms with Crippen LogP contribution in [-0.2, 0) is 19.0 Å². The molecule has 2 amide bonds. The highest BCUT2D eigenvalue weighted by Gasteiger charge is 2.13. The number of ether oxygens (including phenoxy) is 3. The number of carbonyl (C=O) groups excluding carboxylic acids is 2. The van der Waals surface area contributed by atoms with Crippen LogP contribution >= 0.6 is 0 Å². The lowest BCUT2D eigenvalue weighted by Crippen LogP contribution is -2.33. The first-order valence-electron chi connectivity index (χ1n) is 19.9. The molecule has 0 atom stereocenters. The van der Waals surface area contributed by atoms with E-state index in [4.69, 9.17) is 14.2 Å². The van der Waals surface area contributed by atoms with Crippen LogP contribution in [0.2, 0.25) is 0 Å². The first-order valence-corrected chi connectivity index (χ1v) is 19.9. The van der Waals surface area contributed by atoms with Gasteiger partial charge in [0.15, 0.2) is 0 Å². The molecule has 46 heavy (non-hydrogen) atoms. The van der Waals surface area contributed by atoms with Crippen LogP contribution in [0, 0.1) is 0 Å². The summed E-state index contributed by atoms with van der Waals surface area (Å²) in [5.74, 6) is 0.211. The first kappa shape index (κ1) is 44.7. The summed E-state index contributed by atoms with van der Waals surface area (Å²) >= 11 is 0. The fourth-order valence-electron chi connectivity index (χ4n) is 5.85. The van der Waals surface area contributed by atoms with Gasteiger partial charge in [0.2, 0.25) is 5.91 Å². The Balaban J connectivity index is 4.17. The fourth-order valence-corrected chi connectivity index (χ4v) is 5.85. The normalized spacial score (nSPS) is 11.2. The first-order chi connectivity index (χ1) is 22.7. The van der Waals surface area contributed by atoms with Crippen molar-refractivity contribution in [2.75, 3.05) is 53.2 Å². The largest absolute Gasteiger partial charge is 0.450 e. The van der Waals surface area contributed by atoms with E-state index < -0.39 is 6.09 Å². The number of nitrogens with one attached hydrogen (secondary N) is 1. The minimum atomic E-state index is -0.422. The fraction of sp³-hybridized carbons (Fsp3) is 0.949. The van der Waals surface area contributed by atoms with E-state index in [9.17, 15) is 9.59 Å². The molecule has 1 N–H and O–H groups in total. The zero-order chi connectivity index (χ0) is 33.6. The predicted octanol–water partition coefficient (Wildman–Crippen LogP) is 10.8. The molecule has 0 aliphatic carbocycles. The summed E-state index contributed by atoms with van der Waals surface area (Å²) in [6.45, 7) is 8.77. The zero-order valence-corrected chi connectivity index (χ0v) is 31.0. The average molecular weight is 655 g/mol. The van der Waals surface area contributed by atoms with Crippen LogP contribution in [0.1, 0.15) is 187 Å². The minimum Gasteiger partial charge on any atom is -0.450 e. The van der Waals surface area contributed by atoms with Crippen LogP contribution in [0.4, 0.5) is 4.79 Å². The molecule has 0 aliphatic rings. The Hall–Kier alpha value is -1.34. The number of rotatable bonds is 37. The smallest absolute Gasteiger partial charge is 0.407 e. The Labute approximate surface area is 286 Å². The van der Waals surface area contributed by atoms with E-state index in [-0.39, 0.29) is 12.5 Å². The Morgan fingerprint density at radius 2 is 0.935 bits per heavy atom. The molecule has 0 bridgehead atoms. The quantitative estimate of drug-likeness (QED) is 0.0675. The summed E-state index contributed by atoms with van der Waals surface area (Å²) in [5, 5.41) is 2.75. The van der Waals surface area contributed by atoms with Crippen molar-refractivity contribution in [3.63, 3.8) is 0 Å². The van der Waals surface area contributed by atoms with E-state index in [1.54, 1.807) is 7.11 Å². The van der Waals surface area contributed by atoms with Crippen molar-refractivity contribution in [2.24, 2.45) is 0 Å². The molecule has 0 aliphatic heterocycles. The van der Waals surface area contributed by atoms with Gasteiger partial charge in [-0.3, -0.25) is 4.79 Å². The molecule has 274 valence electrons. The third-order valence-electron chi connectivity index (χ3n) is 8.85. The van der Waals surface area contributed by atoms with E-state index in [0.29, 0.717) is 39.2 Å². The van der Waals surface area contributed by atoms with Gasteiger partial charge in [0.25, 0.3) is 0 Å². The number of methoxy groups -OCH3 is 1. The molecule has 0 saturated carbocycles. The van der Waals surface area contributed by atoms with Gasteiger partial charge in [0.1, 0.15) is 0 Å². The Bertz CT molecular complexity index is 606. The molecule has 0 spiro atoms. The molecule has 0 rings (SSSR count). The lowest BCUT2D eigenvalue weighted by Gasteiger charge is -2.23.